The second-order valence-electron chi connectivity index (χ2n) is 2.72. The molecule has 1 aromatic carbocycles. The SMILES string of the molecule is Cn1[c]c(-c2ccc(O)cc2)nn1. The van der Waals surface area contributed by atoms with E-state index in [0.717, 1.165) is 5.56 Å². The lowest BCUT2D eigenvalue weighted by Crippen LogP contribution is -1.86. The summed E-state index contributed by atoms with van der Waals surface area (Å²) in [4.78, 5) is 0. The van der Waals surface area contributed by atoms with Gasteiger partial charge in [-0.15, -0.1) is 5.10 Å². The van der Waals surface area contributed by atoms with Crippen molar-refractivity contribution in [1.82, 2.24) is 15.0 Å². The molecule has 0 aliphatic heterocycles. The molecule has 4 nitrogen and oxygen atoms in total. The lowest BCUT2D eigenvalue weighted by atomic mass is 10.2. The Hall–Kier alpha value is -1.84. The number of aromatic nitrogens is 3. The molecule has 2 aromatic rings. The third-order valence-corrected chi connectivity index (χ3v) is 1.69. The fourth-order valence-corrected chi connectivity index (χ4v) is 1.05. The number of aryl methyl sites for hydroxylation is 1. The first-order valence-corrected chi connectivity index (χ1v) is 3.84. The molecule has 0 saturated heterocycles. The van der Waals surface area contributed by atoms with Crippen LogP contribution in [0.25, 0.3) is 11.3 Å². The van der Waals surface area contributed by atoms with Gasteiger partial charge in [0.2, 0.25) is 0 Å². The normalized spacial score (nSPS) is 10.2. The molecule has 65 valence electrons. The van der Waals surface area contributed by atoms with Gasteiger partial charge in [0.15, 0.2) is 0 Å². The van der Waals surface area contributed by atoms with E-state index in [0.29, 0.717) is 5.69 Å². The van der Waals surface area contributed by atoms with E-state index in [2.05, 4.69) is 16.5 Å². The fourth-order valence-electron chi connectivity index (χ4n) is 1.05. The van der Waals surface area contributed by atoms with Gasteiger partial charge in [0.25, 0.3) is 0 Å². The minimum Gasteiger partial charge on any atom is -0.508 e. The zero-order chi connectivity index (χ0) is 9.26. The number of hydrogen-bond donors (Lipinski definition) is 1. The van der Waals surface area contributed by atoms with Crippen LogP contribution in [0, 0.1) is 6.20 Å². The number of aromatic hydroxyl groups is 1. The maximum Gasteiger partial charge on any atom is 0.122 e. The molecule has 1 aromatic heterocycles. The van der Waals surface area contributed by atoms with Crippen LogP contribution in [-0.2, 0) is 7.05 Å². The first kappa shape index (κ1) is 7.79. The second-order valence-corrected chi connectivity index (χ2v) is 2.72. The van der Waals surface area contributed by atoms with Crippen molar-refractivity contribution in [3.63, 3.8) is 0 Å². The second kappa shape index (κ2) is 2.90. The minimum absolute atomic E-state index is 0.243. The number of phenols is 1. The highest BCUT2D eigenvalue weighted by Crippen LogP contribution is 2.18. The Morgan fingerprint density at radius 3 is 2.54 bits per heavy atom. The number of rotatable bonds is 1. The van der Waals surface area contributed by atoms with E-state index in [1.165, 1.54) is 4.68 Å². The average molecular weight is 174 g/mol. The molecule has 1 heterocycles. The van der Waals surface area contributed by atoms with Gasteiger partial charge in [-0.25, -0.2) is 4.68 Å². The third kappa shape index (κ3) is 1.51. The molecule has 1 N–H and O–H groups in total. The van der Waals surface area contributed by atoms with Gasteiger partial charge in [-0.3, -0.25) is 0 Å². The molecule has 0 atom stereocenters. The first-order valence-electron chi connectivity index (χ1n) is 3.84. The molecule has 0 saturated carbocycles. The number of nitrogens with zero attached hydrogens (tertiary/aromatic N) is 3. The van der Waals surface area contributed by atoms with E-state index in [9.17, 15) is 0 Å². The molecule has 0 spiro atoms. The Bertz CT molecular complexity index is 405. The highest BCUT2D eigenvalue weighted by molar-refractivity contribution is 5.57. The Balaban J connectivity index is 2.41. The van der Waals surface area contributed by atoms with Crippen LogP contribution in [0.1, 0.15) is 0 Å². The molecule has 0 unspecified atom stereocenters. The largest absolute Gasteiger partial charge is 0.508 e. The van der Waals surface area contributed by atoms with Crippen molar-refractivity contribution in [2.24, 2.45) is 7.05 Å². The summed E-state index contributed by atoms with van der Waals surface area (Å²) in [6.45, 7) is 0. The summed E-state index contributed by atoms with van der Waals surface area (Å²) in [6.07, 6.45) is 2.92. The van der Waals surface area contributed by atoms with Crippen LogP contribution >= 0.6 is 0 Å². The van der Waals surface area contributed by atoms with Crippen LogP contribution in [0.3, 0.4) is 0 Å². The summed E-state index contributed by atoms with van der Waals surface area (Å²) < 4.78 is 1.52. The molecule has 0 aliphatic carbocycles. The van der Waals surface area contributed by atoms with Gasteiger partial charge in [-0.05, 0) is 24.3 Å². The maximum atomic E-state index is 9.06. The fraction of sp³-hybridized carbons (Fsp3) is 0.111. The van der Waals surface area contributed by atoms with Crippen LogP contribution < -0.4 is 0 Å². The topological polar surface area (TPSA) is 50.9 Å². The highest BCUT2D eigenvalue weighted by Gasteiger charge is 2.01. The van der Waals surface area contributed by atoms with Gasteiger partial charge in [-0.1, -0.05) is 5.21 Å². The van der Waals surface area contributed by atoms with Crippen LogP contribution in [-0.4, -0.2) is 20.1 Å². The quantitative estimate of drug-likeness (QED) is 0.701. The minimum atomic E-state index is 0.243. The van der Waals surface area contributed by atoms with E-state index in [-0.39, 0.29) is 5.75 Å². The summed E-state index contributed by atoms with van der Waals surface area (Å²) in [5, 5.41) is 16.7. The Labute approximate surface area is 75.4 Å². The molecule has 0 bridgehead atoms. The molecule has 0 aliphatic rings. The van der Waals surface area contributed by atoms with Gasteiger partial charge in [-0.2, -0.15) is 0 Å². The summed E-state index contributed by atoms with van der Waals surface area (Å²) >= 11 is 0. The van der Waals surface area contributed by atoms with E-state index in [4.69, 9.17) is 5.11 Å². The van der Waals surface area contributed by atoms with Crippen molar-refractivity contribution >= 4 is 0 Å². The lowest BCUT2D eigenvalue weighted by molar-refractivity contribution is 0.475. The Kier molecular flexibility index (Phi) is 1.73. The maximum absolute atomic E-state index is 9.06. The number of hydrogen-bond acceptors (Lipinski definition) is 3. The van der Waals surface area contributed by atoms with Crippen molar-refractivity contribution in [3.05, 3.63) is 30.5 Å². The summed E-state index contributed by atoms with van der Waals surface area (Å²) in [5.41, 5.74) is 1.58. The van der Waals surface area contributed by atoms with Crippen molar-refractivity contribution in [1.29, 1.82) is 0 Å². The van der Waals surface area contributed by atoms with Crippen LogP contribution in [0.5, 0.6) is 5.75 Å². The lowest BCUT2D eigenvalue weighted by Gasteiger charge is -1.94. The van der Waals surface area contributed by atoms with Gasteiger partial charge in [0.05, 0.1) is 0 Å². The van der Waals surface area contributed by atoms with E-state index < -0.39 is 0 Å². The summed E-state index contributed by atoms with van der Waals surface area (Å²) in [6, 6.07) is 6.77. The van der Waals surface area contributed by atoms with Gasteiger partial charge >= 0.3 is 0 Å². The Morgan fingerprint density at radius 1 is 1.31 bits per heavy atom. The standard InChI is InChI=1S/C9H8N3O/c1-12-6-9(10-11-12)7-2-4-8(13)5-3-7/h2-5,13H,1H3. The van der Waals surface area contributed by atoms with E-state index in [1.54, 1.807) is 31.3 Å². The summed E-state index contributed by atoms with van der Waals surface area (Å²) in [7, 11) is 1.76. The molecule has 0 fully saturated rings. The monoisotopic (exact) mass is 174 g/mol. The van der Waals surface area contributed by atoms with Crippen LogP contribution in [0.4, 0.5) is 0 Å². The molecule has 0 amide bonds. The molecule has 2 rings (SSSR count). The smallest absolute Gasteiger partial charge is 0.122 e. The molecule has 1 radical (unpaired) electrons. The first-order chi connectivity index (χ1) is 6.25. The molecular weight excluding hydrogens is 166 g/mol. The zero-order valence-electron chi connectivity index (χ0n) is 7.10. The number of phenolic OH excluding ortho intramolecular Hbond substituents is 1. The van der Waals surface area contributed by atoms with E-state index >= 15 is 0 Å². The van der Waals surface area contributed by atoms with Crippen molar-refractivity contribution < 1.29 is 5.11 Å². The molecule has 13 heavy (non-hydrogen) atoms. The van der Waals surface area contributed by atoms with Crippen LogP contribution in [0.15, 0.2) is 24.3 Å². The van der Waals surface area contributed by atoms with Crippen molar-refractivity contribution in [2.75, 3.05) is 0 Å². The molecular formula is C9H8N3O. The van der Waals surface area contributed by atoms with Crippen LogP contribution in [0.2, 0.25) is 0 Å². The van der Waals surface area contributed by atoms with Gasteiger partial charge in [0.1, 0.15) is 17.6 Å². The predicted molar refractivity (Wildman–Crippen MR) is 46.9 cm³/mol. The van der Waals surface area contributed by atoms with Crippen molar-refractivity contribution in [2.45, 2.75) is 0 Å². The number of benzene rings is 1. The Morgan fingerprint density at radius 2 is 2.00 bits per heavy atom. The predicted octanol–water partition coefficient (Wildman–Crippen LogP) is 0.988. The van der Waals surface area contributed by atoms with E-state index in [1.807, 2.05) is 0 Å². The van der Waals surface area contributed by atoms with Crippen molar-refractivity contribution in [3.8, 4) is 17.0 Å². The average Bonchev–Trinajstić information content (AvgIpc) is 2.53. The zero-order valence-corrected chi connectivity index (χ0v) is 7.10. The molecule has 4 heteroatoms. The highest BCUT2D eigenvalue weighted by atomic mass is 16.3. The van der Waals surface area contributed by atoms with Gasteiger partial charge < -0.3 is 5.11 Å². The third-order valence-electron chi connectivity index (χ3n) is 1.69. The van der Waals surface area contributed by atoms with Gasteiger partial charge in [0, 0.05) is 12.6 Å². The summed E-state index contributed by atoms with van der Waals surface area (Å²) in [5.74, 6) is 0.243.